The fraction of sp³-hybridized carbons (Fsp3) is 0.0455. The first-order valence-corrected chi connectivity index (χ1v) is 10.1. The van der Waals surface area contributed by atoms with Gasteiger partial charge in [-0.05, 0) is 73.2 Å². The van der Waals surface area contributed by atoms with Crippen LogP contribution in [-0.2, 0) is 9.59 Å². The molecular weight excluding hydrogens is 454 g/mol. The highest BCUT2D eigenvalue weighted by molar-refractivity contribution is 7.80. The van der Waals surface area contributed by atoms with Gasteiger partial charge in [0.15, 0.2) is 5.11 Å². The number of anilines is 1. The Hall–Kier alpha value is -3.82. The molecular formula is C22H14ClN3O5S. The van der Waals surface area contributed by atoms with Gasteiger partial charge in [0.2, 0.25) is 0 Å². The zero-order chi connectivity index (χ0) is 23.0. The van der Waals surface area contributed by atoms with Crippen molar-refractivity contribution in [3.05, 3.63) is 86.6 Å². The summed E-state index contributed by atoms with van der Waals surface area (Å²) < 4.78 is 5.79. The number of nitro groups is 1. The molecule has 1 aromatic heterocycles. The Morgan fingerprint density at radius 2 is 1.84 bits per heavy atom. The van der Waals surface area contributed by atoms with Crippen LogP contribution in [-0.4, -0.2) is 21.9 Å². The molecule has 2 heterocycles. The number of benzene rings is 2. The highest BCUT2D eigenvalue weighted by atomic mass is 35.5. The van der Waals surface area contributed by atoms with E-state index in [-0.39, 0.29) is 22.1 Å². The number of nitro benzene ring substituents is 1. The van der Waals surface area contributed by atoms with Crippen LogP contribution >= 0.6 is 23.8 Å². The molecule has 2 amide bonds. The average Bonchev–Trinajstić information content (AvgIpc) is 3.20. The van der Waals surface area contributed by atoms with Gasteiger partial charge in [0.25, 0.3) is 17.5 Å². The number of amides is 2. The van der Waals surface area contributed by atoms with Gasteiger partial charge >= 0.3 is 0 Å². The second kappa shape index (κ2) is 8.37. The van der Waals surface area contributed by atoms with Gasteiger partial charge in [-0.2, -0.15) is 0 Å². The zero-order valence-electron chi connectivity index (χ0n) is 16.5. The van der Waals surface area contributed by atoms with Crippen molar-refractivity contribution in [1.82, 2.24) is 5.32 Å². The van der Waals surface area contributed by atoms with Crippen molar-refractivity contribution in [3.63, 3.8) is 0 Å². The van der Waals surface area contributed by atoms with E-state index in [1.807, 2.05) is 0 Å². The largest absolute Gasteiger partial charge is 0.457 e. The lowest BCUT2D eigenvalue weighted by Crippen LogP contribution is -2.54. The van der Waals surface area contributed by atoms with E-state index in [0.717, 1.165) is 0 Å². The highest BCUT2D eigenvalue weighted by Gasteiger charge is 2.34. The summed E-state index contributed by atoms with van der Waals surface area (Å²) in [4.78, 5) is 37.1. The summed E-state index contributed by atoms with van der Waals surface area (Å²) in [7, 11) is 0. The molecule has 0 aliphatic carbocycles. The number of hydrogen-bond acceptors (Lipinski definition) is 6. The van der Waals surface area contributed by atoms with Crippen LogP contribution < -0.4 is 10.2 Å². The summed E-state index contributed by atoms with van der Waals surface area (Å²) in [6, 6.07) is 14.1. The van der Waals surface area contributed by atoms with Gasteiger partial charge in [0.05, 0.1) is 10.6 Å². The molecule has 32 heavy (non-hydrogen) atoms. The molecule has 0 saturated carbocycles. The standard InChI is InChI=1S/C22H14ClN3O5S/c1-12-10-15(26(29)30)6-8-17(12)19-9-7-16(31-19)11-18-20(27)24-22(32)25(21(18)28)14-4-2-13(23)3-5-14/h2-11H,1H3,(H,24,27,32)/b18-11-. The SMILES string of the molecule is Cc1cc([N+](=O)[O-])ccc1-c1ccc(/C=C2/C(=O)NC(=S)N(c3ccc(Cl)cc3)C2=O)o1. The normalized spacial score (nSPS) is 15.2. The van der Waals surface area contributed by atoms with Gasteiger partial charge in [-0.25, -0.2) is 0 Å². The Labute approximate surface area is 192 Å². The van der Waals surface area contributed by atoms with E-state index >= 15 is 0 Å². The quantitative estimate of drug-likeness (QED) is 0.197. The zero-order valence-corrected chi connectivity index (χ0v) is 18.1. The summed E-state index contributed by atoms with van der Waals surface area (Å²) in [6.45, 7) is 1.73. The van der Waals surface area contributed by atoms with Crippen LogP contribution in [0.4, 0.5) is 11.4 Å². The number of hydrogen-bond donors (Lipinski definition) is 1. The smallest absolute Gasteiger partial charge is 0.270 e. The number of nitrogens with zero attached hydrogens (tertiary/aromatic N) is 2. The highest BCUT2D eigenvalue weighted by Crippen LogP contribution is 2.30. The maximum Gasteiger partial charge on any atom is 0.270 e. The number of furan rings is 1. The number of halogens is 1. The first kappa shape index (κ1) is 21.4. The lowest BCUT2D eigenvalue weighted by molar-refractivity contribution is -0.384. The van der Waals surface area contributed by atoms with Crippen LogP contribution in [0, 0.1) is 17.0 Å². The minimum absolute atomic E-state index is 0.0251. The lowest BCUT2D eigenvalue weighted by Gasteiger charge is -2.28. The molecule has 0 radical (unpaired) electrons. The Kier molecular flexibility index (Phi) is 5.60. The van der Waals surface area contributed by atoms with Gasteiger partial charge in [-0.15, -0.1) is 0 Å². The molecule has 10 heteroatoms. The van der Waals surface area contributed by atoms with Crippen molar-refractivity contribution >= 4 is 58.2 Å². The summed E-state index contributed by atoms with van der Waals surface area (Å²) >= 11 is 11.1. The second-order valence-corrected chi connectivity index (χ2v) is 7.72. The molecule has 1 fully saturated rings. The Morgan fingerprint density at radius 1 is 1.12 bits per heavy atom. The van der Waals surface area contributed by atoms with Crippen molar-refractivity contribution in [2.45, 2.75) is 6.92 Å². The number of rotatable bonds is 4. The molecule has 3 aromatic rings. The van der Waals surface area contributed by atoms with Crippen molar-refractivity contribution in [2.24, 2.45) is 0 Å². The number of non-ortho nitro benzene ring substituents is 1. The van der Waals surface area contributed by atoms with E-state index in [0.29, 0.717) is 27.6 Å². The first-order valence-electron chi connectivity index (χ1n) is 9.27. The Bertz CT molecular complexity index is 1310. The van der Waals surface area contributed by atoms with E-state index in [4.69, 9.17) is 28.2 Å². The van der Waals surface area contributed by atoms with Crippen LogP contribution in [0.2, 0.25) is 5.02 Å². The van der Waals surface area contributed by atoms with Gasteiger partial charge in [-0.3, -0.25) is 29.9 Å². The Balaban J connectivity index is 1.66. The first-order chi connectivity index (χ1) is 15.2. The van der Waals surface area contributed by atoms with Gasteiger partial charge in [0.1, 0.15) is 17.1 Å². The van der Waals surface area contributed by atoms with E-state index in [9.17, 15) is 19.7 Å². The van der Waals surface area contributed by atoms with E-state index in [2.05, 4.69) is 5.32 Å². The third kappa shape index (κ3) is 4.03. The van der Waals surface area contributed by atoms with Gasteiger partial charge < -0.3 is 4.42 Å². The van der Waals surface area contributed by atoms with E-state index < -0.39 is 16.7 Å². The maximum atomic E-state index is 13.0. The van der Waals surface area contributed by atoms with Crippen LogP contribution in [0.5, 0.6) is 0 Å². The number of nitrogens with one attached hydrogen (secondary N) is 1. The van der Waals surface area contributed by atoms with Crippen LogP contribution in [0.15, 0.2) is 64.6 Å². The molecule has 1 saturated heterocycles. The molecule has 8 nitrogen and oxygen atoms in total. The molecule has 0 unspecified atom stereocenters. The number of carbonyl (C=O) groups excluding carboxylic acids is 2. The predicted molar refractivity (Wildman–Crippen MR) is 123 cm³/mol. The molecule has 0 spiro atoms. The van der Waals surface area contributed by atoms with Gasteiger partial charge in [0, 0.05) is 22.7 Å². The minimum Gasteiger partial charge on any atom is -0.457 e. The molecule has 2 aromatic carbocycles. The fourth-order valence-corrected chi connectivity index (χ4v) is 3.64. The lowest BCUT2D eigenvalue weighted by atomic mass is 10.1. The minimum atomic E-state index is -0.644. The molecule has 1 aliphatic heterocycles. The predicted octanol–water partition coefficient (Wildman–Crippen LogP) is 4.65. The molecule has 0 atom stereocenters. The summed E-state index contributed by atoms with van der Waals surface area (Å²) in [5.74, 6) is -0.543. The third-order valence-electron chi connectivity index (χ3n) is 4.79. The molecule has 0 bridgehead atoms. The van der Waals surface area contributed by atoms with Crippen LogP contribution in [0.1, 0.15) is 11.3 Å². The number of thiocarbonyl (C=S) groups is 1. The molecule has 4 rings (SSSR count). The van der Waals surface area contributed by atoms with Crippen molar-refractivity contribution in [1.29, 1.82) is 0 Å². The summed E-state index contributed by atoms with van der Waals surface area (Å²) in [6.07, 6.45) is 1.33. The topological polar surface area (TPSA) is 106 Å². The van der Waals surface area contributed by atoms with Gasteiger partial charge in [-0.1, -0.05) is 11.6 Å². The monoisotopic (exact) mass is 467 g/mol. The van der Waals surface area contributed by atoms with Crippen LogP contribution in [0.3, 0.4) is 0 Å². The summed E-state index contributed by atoms with van der Waals surface area (Å²) in [5.41, 5.74) is 1.58. The van der Waals surface area contributed by atoms with Crippen molar-refractivity contribution in [2.75, 3.05) is 4.90 Å². The maximum absolute atomic E-state index is 13.0. The van der Waals surface area contributed by atoms with Crippen LogP contribution in [0.25, 0.3) is 17.4 Å². The van der Waals surface area contributed by atoms with E-state index in [1.54, 1.807) is 49.4 Å². The Morgan fingerprint density at radius 3 is 2.50 bits per heavy atom. The van der Waals surface area contributed by atoms with E-state index in [1.165, 1.54) is 23.1 Å². The number of aryl methyl sites for hydroxylation is 1. The fourth-order valence-electron chi connectivity index (χ4n) is 3.24. The van der Waals surface area contributed by atoms with Crippen molar-refractivity contribution < 1.29 is 18.9 Å². The number of carbonyl (C=O) groups is 2. The molecule has 1 aliphatic rings. The second-order valence-electron chi connectivity index (χ2n) is 6.89. The summed E-state index contributed by atoms with van der Waals surface area (Å²) in [5, 5.41) is 13.9. The third-order valence-corrected chi connectivity index (χ3v) is 5.32. The average molecular weight is 468 g/mol. The molecule has 160 valence electrons. The molecule has 1 N–H and O–H groups in total. The van der Waals surface area contributed by atoms with Crippen molar-refractivity contribution in [3.8, 4) is 11.3 Å².